The summed E-state index contributed by atoms with van der Waals surface area (Å²) in [5.74, 6) is 0. The second kappa shape index (κ2) is 7.11. The minimum atomic E-state index is 0.940. The van der Waals surface area contributed by atoms with Crippen molar-refractivity contribution in [1.82, 2.24) is 10.2 Å². The van der Waals surface area contributed by atoms with Crippen molar-refractivity contribution >= 4 is 60.1 Å². The van der Waals surface area contributed by atoms with Crippen LogP contribution in [0.1, 0.15) is 0 Å². The summed E-state index contributed by atoms with van der Waals surface area (Å²) >= 11 is 13.4. The minimum Gasteiger partial charge on any atom is -0.143 e. The highest BCUT2D eigenvalue weighted by atomic mass is 32.2. The number of rotatable bonds is 4. The fraction of sp³-hybridized carbons (Fsp3) is 0. The smallest absolute Gasteiger partial charge is 0.143 e. The summed E-state index contributed by atoms with van der Waals surface area (Å²) in [5, 5.41) is 8.45. The first kappa shape index (κ1) is 15.3. The number of hydrogen-bond donors (Lipinski definition) is 2. The zero-order valence-electron chi connectivity index (χ0n) is 10.6. The molecule has 1 aromatic heterocycles. The highest BCUT2D eigenvalue weighted by Crippen LogP contribution is 2.36. The monoisotopic (exact) mass is 366 g/mol. The van der Waals surface area contributed by atoms with Crippen LogP contribution >= 0.6 is 60.1 Å². The predicted molar refractivity (Wildman–Crippen MR) is 95.5 cm³/mol. The maximum atomic E-state index is 4.28. The van der Waals surface area contributed by atoms with Crippen LogP contribution in [0, 0.1) is 0 Å². The van der Waals surface area contributed by atoms with Crippen LogP contribution in [0.25, 0.3) is 0 Å². The SMILES string of the molecule is Sc1ccc(Sc2nnc(Sc3ccc(S)cc3)s2)cc1. The van der Waals surface area contributed by atoms with E-state index < -0.39 is 0 Å². The Morgan fingerprint density at radius 2 is 1.05 bits per heavy atom. The van der Waals surface area contributed by atoms with Gasteiger partial charge in [-0.05, 0) is 48.5 Å². The molecular weight excluding hydrogens is 357 g/mol. The van der Waals surface area contributed by atoms with Crippen molar-refractivity contribution < 1.29 is 0 Å². The van der Waals surface area contributed by atoms with Gasteiger partial charge in [0, 0.05) is 19.6 Å². The van der Waals surface area contributed by atoms with Crippen LogP contribution < -0.4 is 0 Å². The second-order valence-electron chi connectivity index (χ2n) is 4.03. The van der Waals surface area contributed by atoms with E-state index in [1.807, 2.05) is 48.5 Å². The van der Waals surface area contributed by atoms with Crippen LogP contribution in [0.4, 0.5) is 0 Å². The van der Waals surface area contributed by atoms with Crippen LogP contribution in [0.15, 0.2) is 76.8 Å². The Morgan fingerprint density at radius 3 is 1.43 bits per heavy atom. The summed E-state index contributed by atoms with van der Waals surface area (Å²) in [5.41, 5.74) is 0. The van der Waals surface area contributed by atoms with Gasteiger partial charge in [0.15, 0.2) is 8.68 Å². The molecule has 2 aromatic carbocycles. The van der Waals surface area contributed by atoms with Gasteiger partial charge in [-0.1, -0.05) is 34.9 Å². The number of hydrogen-bond acceptors (Lipinski definition) is 7. The first-order valence-corrected chi connectivity index (χ1v) is 9.31. The molecule has 0 spiro atoms. The van der Waals surface area contributed by atoms with Gasteiger partial charge in [-0.3, -0.25) is 0 Å². The molecule has 1 heterocycles. The lowest BCUT2D eigenvalue weighted by atomic mass is 10.4. The fourth-order valence-electron chi connectivity index (χ4n) is 1.51. The van der Waals surface area contributed by atoms with Crippen molar-refractivity contribution in [2.24, 2.45) is 0 Å². The number of benzene rings is 2. The predicted octanol–water partition coefficient (Wildman–Crippen LogP) is 5.42. The van der Waals surface area contributed by atoms with Crippen LogP contribution in [0.2, 0.25) is 0 Å². The molecule has 2 nitrogen and oxygen atoms in total. The van der Waals surface area contributed by atoms with E-state index in [2.05, 4.69) is 35.5 Å². The van der Waals surface area contributed by atoms with Crippen LogP contribution in [-0.4, -0.2) is 10.2 Å². The van der Waals surface area contributed by atoms with E-state index in [1.165, 1.54) is 0 Å². The third-order valence-electron chi connectivity index (χ3n) is 2.47. The first-order valence-electron chi connectivity index (χ1n) is 5.96. The Balaban J connectivity index is 1.68. The molecule has 0 N–H and O–H groups in total. The zero-order chi connectivity index (χ0) is 14.7. The molecule has 3 rings (SSSR count). The van der Waals surface area contributed by atoms with Gasteiger partial charge in [-0.15, -0.1) is 35.5 Å². The van der Waals surface area contributed by atoms with E-state index in [0.717, 1.165) is 28.3 Å². The van der Waals surface area contributed by atoms with Crippen molar-refractivity contribution in [3.05, 3.63) is 48.5 Å². The van der Waals surface area contributed by atoms with Crippen LogP contribution in [0.3, 0.4) is 0 Å². The van der Waals surface area contributed by atoms with Gasteiger partial charge in [0.1, 0.15) is 0 Å². The van der Waals surface area contributed by atoms with Crippen LogP contribution in [-0.2, 0) is 0 Å². The number of nitrogens with zero attached hydrogens (tertiary/aromatic N) is 2. The van der Waals surface area contributed by atoms with Crippen molar-refractivity contribution in [2.45, 2.75) is 28.3 Å². The molecule has 21 heavy (non-hydrogen) atoms. The third-order valence-corrected chi connectivity index (χ3v) is 6.11. The number of thiol groups is 2. The van der Waals surface area contributed by atoms with Crippen molar-refractivity contribution in [3.8, 4) is 0 Å². The molecule has 0 aliphatic heterocycles. The molecule has 0 unspecified atom stereocenters. The highest BCUT2D eigenvalue weighted by Gasteiger charge is 2.07. The molecular formula is C14H10N2S5. The Hall–Kier alpha value is -0.600. The van der Waals surface area contributed by atoms with E-state index in [9.17, 15) is 0 Å². The minimum absolute atomic E-state index is 0.940. The summed E-state index contributed by atoms with van der Waals surface area (Å²) < 4.78 is 1.88. The van der Waals surface area contributed by atoms with Gasteiger partial charge in [0.05, 0.1) is 0 Å². The summed E-state index contributed by atoms with van der Waals surface area (Å²) in [6.07, 6.45) is 0. The molecule has 0 saturated carbocycles. The lowest BCUT2D eigenvalue weighted by molar-refractivity contribution is 0.954. The summed E-state index contributed by atoms with van der Waals surface area (Å²) in [6.45, 7) is 0. The van der Waals surface area contributed by atoms with Gasteiger partial charge in [0.25, 0.3) is 0 Å². The van der Waals surface area contributed by atoms with E-state index >= 15 is 0 Å². The third kappa shape index (κ3) is 4.43. The molecule has 106 valence electrons. The lowest BCUT2D eigenvalue weighted by Crippen LogP contribution is -1.74. The van der Waals surface area contributed by atoms with Crippen LogP contribution in [0.5, 0.6) is 0 Å². The molecule has 0 bridgehead atoms. The summed E-state index contributed by atoms with van der Waals surface area (Å²) in [6, 6.07) is 16.0. The van der Waals surface area contributed by atoms with Gasteiger partial charge >= 0.3 is 0 Å². The Morgan fingerprint density at radius 1 is 0.667 bits per heavy atom. The highest BCUT2D eigenvalue weighted by molar-refractivity contribution is 8.03. The van der Waals surface area contributed by atoms with Gasteiger partial charge in [-0.2, -0.15) is 0 Å². The first-order chi connectivity index (χ1) is 10.2. The van der Waals surface area contributed by atoms with E-state index in [0.29, 0.717) is 0 Å². The fourth-order valence-corrected chi connectivity index (χ4v) is 4.77. The maximum absolute atomic E-state index is 4.28. The molecule has 0 saturated heterocycles. The zero-order valence-corrected chi connectivity index (χ0v) is 14.9. The largest absolute Gasteiger partial charge is 0.179 e. The molecule has 0 atom stereocenters. The van der Waals surface area contributed by atoms with E-state index in [1.54, 1.807) is 34.9 Å². The molecule has 0 aliphatic rings. The van der Waals surface area contributed by atoms with Gasteiger partial charge < -0.3 is 0 Å². The molecule has 0 radical (unpaired) electrons. The van der Waals surface area contributed by atoms with Gasteiger partial charge in [-0.25, -0.2) is 0 Å². The van der Waals surface area contributed by atoms with E-state index in [-0.39, 0.29) is 0 Å². The van der Waals surface area contributed by atoms with E-state index in [4.69, 9.17) is 0 Å². The summed E-state index contributed by atoms with van der Waals surface area (Å²) in [4.78, 5) is 4.20. The Bertz CT molecular complexity index is 660. The van der Waals surface area contributed by atoms with Gasteiger partial charge in [0.2, 0.25) is 0 Å². The van der Waals surface area contributed by atoms with Crippen molar-refractivity contribution in [2.75, 3.05) is 0 Å². The summed E-state index contributed by atoms with van der Waals surface area (Å²) in [7, 11) is 0. The quantitative estimate of drug-likeness (QED) is 0.603. The Labute approximate surface area is 146 Å². The standard InChI is InChI=1S/C14H10N2S5/c17-9-1-5-11(6-2-9)19-13-15-16-14(21-13)20-12-7-3-10(18)4-8-12/h1-8,17-18H. The molecule has 0 aliphatic carbocycles. The second-order valence-corrected chi connectivity index (χ2v) is 8.68. The average molecular weight is 367 g/mol. The maximum Gasteiger partial charge on any atom is 0.179 e. The topological polar surface area (TPSA) is 25.8 Å². The normalized spacial score (nSPS) is 10.8. The number of aromatic nitrogens is 2. The lowest BCUT2D eigenvalue weighted by Gasteiger charge is -1.97. The molecule has 0 fully saturated rings. The average Bonchev–Trinajstić information content (AvgIpc) is 2.91. The Kier molecular flexibility index (Phi) is 5.18. The molecule has 7 heteroatoms. The molecule has 3 aromatic rings. The molecule has 0 amide bonds. The van der Waals surface area contributed by atoms with Crippen molar-refractivity contribution in [1.29, 1.82) is 0 Å². The van der Waals surface area contributed by atoms with Crippen molar-refractivity contribution in [3.63, 3.8) is 0 Å².